The maximum atomic E-state index is 15.5. The van der Waals surface area contributed by atoms with Gasteiger partial charge in [-0.2, -0.15) is 5.26 Å². The van der Waals surface area contributed by atoms with E-state index in [-0.39, 0.29) is 63.6 Å². The molecule has 218 valence electrons. The van der Waals surface area contributed by atoms with E-state index in [9.17, 15) is 5.26 Å². The van der Waals surface area contributed by atoms with Crippen molar-refractivity contribution in [3.63, 3.8) is 0 Å². The number of aryl methyl sites for hydroxylation is 1. The van der Waals surface area contributed by atoms with Crippen LogP contribution < -0.4 is 9.47 Å². The molecule has 1 atom stereocenters. The van der Waals surface area contributed by atoms with Crippen molar-refractivity contribution in [2.75, 3.05) is 6.61 Å². The van der Waals surface area contributed by atoms with Crippen LogP contribution in [0.4, 0.5) is 4.39 Å². The summed E-state index contributed by atoms with van der Waals surface area (Å²) in [5, 5.41) is 17.7. The Labute approximate surface area is 252 Å². The van der Waals surface area contributed by atoms with Gasteiger partial charge < -0.3 is 23.4 Å². The molecule has 0 amide bonds. The highest BCUT2D eigenvalue weighted by Gasteiger charge is 2.47. The summed E-state index contributed by atoms with van der Waals surface area (Å²) in [6.45, 7) is 9.71. The minimum atomic E-state index is -0.705. The molecule has 0 bridgehead atoms. The van der Waals surface area contributed by atoms with Gasteiger partial charge in [-0.05, 0) is 65.0 Å². The van der Waals surface area contributed by atoms with E-state index in [4.69, 9.17) is 46.6 Å². The maximum Gasteiger partial charge on any atom is 0.249 e. The lowest BCUT2D eigenvalue weighted by atomic mass is 10.0. The highest BCUT2D eigenvalue weighted by Crippen LogP contribution is 2.37. The Morgan fingerprint density at radius 3 is 2.55 bits per heavy atom. The average molecular weight is 613 g/mol. The van der Waals surface area contributed by atoms with Gasteiger partial charge in [-0.3, -0.25) is 0 Å². The number of aromatic nitrogens is 3. The van der Waals surface area contributed by atoms with Crippen molar-refractivity contribution < 1.29 is 27.8 Å². The summed E-state index contributed by atoms with van der Waals surface area (Å²) < 4.78 is 44.8. The zero-order chi connectivity index (χ0) is 30.2. The molecule has 12 heteroatoms. The molecular weight excluding hydrogens is 586 g/mol. The molecule has 0 aliphatic carbocycles. The van der Waals surface area contributed by atoms with Crippen LogP contribution >= 0.6 is 23.2 Å². The molecule has 2 aromatic heterocycles. The van der Waals surface area contributed by atoms with E-state index in [1.54, 1.807) is 19.1 Å². The monoisotopic (exact) mass is 612 g/mol. The third kappa shape index (κ3) is 6.50. The van der Waals surface area contributed by atoms with Crippen LogP contribution in [-0.2, 0) is 15.9 Å². The van der Waals surface area contributed by atoms with Crippen LogP contribution in [0.5, 0.6) is 17.4 Å². The number of halogens is 3. The van der Waals surface area contributed by atoms with Crippen LogP contribution in [0.15, 0.2) is 46.9 Å². The second kappa shape index (κ2) is 11.5. The minimum absolute atomic E-state index is 0.0192. The summed E-state index contributed by atoms with van der Waals surface area (Å²) in [7, 11) is 0. The van der Waals surface area contributed by atoms with E-state index in [0.29, 0.717) is 17.1 Å². The van der Waals surface area contributed by atoms with Gasteiger partial charge in [0.05, 0.1) is 39.9 Å². The van der Waals surface area contributed by atoms with Crippen molar-refractivity contribution >= 4 is 23.2 Å². The van der Waals surface area contributed by atoms with Gasteiger partial charge in [0.15, 0.2) is 17.4 Å². The molecule has 0 spiro atoms. The molecule has 3 heterocycles. The van der Waals surface area contributed by atoms with E-state index in [1.807, 2.05) is 33.8 Å². The Bertz CT molecular complexity index is 1680. The number of hydrogen-bond donors (Lipinski definition) is 0. The van der Waals surface area contributed by atoms with Crippen LogP contribution in [0.3, 0.4) is 0 Å². The molecule has 1 aliphatic rings. The first kappa shape index (κ1) is 29.7. The fraction of sp³-hybridized carbons (Fsp3) is 0.333. The van der Waals surface area contributed by atoms with Crippen molar-refractivity contribution in [3.8, 4) is 34.9 Å². The van der Waals surface area contributed by atoms with Crippen molar-refractivity contribution in [2.45, 2.75) is 58.5 Å². The quantitative estimate of drug-likeness (QED) is 0.200. The summed E-state index contributed by atoms with van der Waals surface area (Å²) >= 11 is 12.3. The standard InChI is InChI=1S/C30H27Cl2FN4O5/c1-16-21(7-9-24(35-16)38-15-23-29(2,3)42-30(4,5)41-23)28-37-36-25(40-28)12-18-6-8-22(32)27(26(18)33)39-20-11-17(14-34)10-19(31)13-20/h6-11,13,23H,12,15H2,1-5H3/t23-/m0/s1. The van der Waals surface area contributed by atoms with E-state index < -0.39 is 17.2 Å². The predicted molar refractivity (Wildman–Crippen MR) is 152 cm³/mol. The van der Waals surface area contributed by atoms with Crippen LogP contribution in [0.1, 0.15) is 50.4 Å². The van der Waals surface area contributed by atoms with Crippen LogP contribution in [0.25, 0.3) is 11.5 Å². The molecule has 0 saturated carbocycles. The van der Waals surface area contributed by atoms with Crippen molar-refractivity contribution in [3.05, 3.63) is 81.0 Å². The molecule has 2 aromatic carbocycles. The number of nitrogens with zero attached hydrogens (tertiary/aromatic N) is 4. The third-order valence-corrected chi connectivity index (χ3v) is 7.06. The first-order chi connectivity index (χ1) is 19.8. The molecule has 0 N–H and O–H groups in total. The lowest BCUT2D eigenvalue weighted by molar-refractivity contribution is -0.158. The zero-order valence-corrected chi connectivity index (χ0v) is 25.0. The lowest BCUT2D eigenvalue weighted by Crippen LogP contribution is -2.37. The van der Waals surface area contributed by atoms with Crippen molar-refractivity contribution in [1.29, 1.82) is 5.26 Å². The van der Waals surface area contributed by atoms with Crippen molar-refractivity contribution in [1.82, 2.24) is 15.2 Å². The normalized spacial score (nSPS) is 17.2. The van der Waals surface area contributed by atoms with Gasteiger partial charge in [-0.1, -0.05) is 29.3 Å². The molecule has 1 aliphatic heterocycles. The number of pyridine rings is 1. The largest absolute Gasteiger partial charge is 0.475 e. The Kier molecular flexibility index (Phi) is 8.14. The van der Waals surface area contributed by atoms with Gasteiger partial charge in [0.1, 0.15) is 18.5 Å². The molecule has 9 nitrogen and oxygen atoms in total. The van der Waals surface area contributed by atoms with Crippen molar-refractivity contribution in [2.24, 2.45) is 0 Å². The number of hydrogen-bond acceptors (Lipinski definition) is 9. The Morgan fingerprint density at radius 2 is 1.86 bits per heavy atom. The Balaban J connectivity index is 1.29. The first-order valence-corrected chi connectivity index (χ1v) is 13.8. The molecule has 0 unspecified atom stereocenters. The molecule has 4 aromatic rings. The Morgan fingerprint density at radius 1 is 1.07 bits per heavy atom. The highest BCUT2D eigenvalue weighted by molar-refractivity contribution is 6.32. The average Bonchev–Trinajstić information content (AvgIpc) is 3.46. The van der Waals surface area contributed by atoms with Gasteiger partial charge in [0.2, 0.25) is 17.7 Å². The topological polar surface area (TPSA) is 113 Å². The number of rotatable bonds is 8. The number of nitriles is 1. The van der Waals surface area contributed by atoms with E-state index in [0.717, 1.165) is 0 Å². The summed E-state index contributed by atoms with van der Waals surface area (Å²) in [6, 6.07) is 12.8. The van der Waals surface area contributed by atoms with Gasteiger partial charge >= 0.3 is 0 Å². The molecule has 5 rings (SSSR count). The van der Waals surface area contributed by atoms with Crippen LogP contribution in [-0.4, -0.2) is 39.3 Å². The smallest absolute Gasteiger partial charge is 0.249 e. The fourth-order valence-electron chi connectivity index (χ4n) is 4.65. The van der Waals surface area contributed by atoms with Crippen LogP contribution in [0, 0.1) is 24.1 Å². The summed E-state index contributed by atoms with van der Waals surface area (Å²) in [6.07, 6.45) is -0.290. The van der Waals surface area contributed by atoms with Gasteiger partial charge in [0, 0.05) is 16.7 Å². The molecule has 1 saturated heterocycles. The lowest BCUT2D eigenvalue weighted by Gasteiger charge is -2.23. The third-order valence-electron chi connectivity index (χ3n) is 6.54. The predicted octanol–water partition coefficient (Wildman–Crippen LogP) is 7.45. The minimum Gasteiger partial charge on any atom is -0.475 e. The molecule has 0 radical (unpaired) electrons. The zero-order valence-electron chi connectivity index (χ0n) is 23.5. The molecule has 1 fully saturated rings. The number of benzene rings is 2. The number of ether oxygens (including phenoxy) is 4. The van der Waals surface area contributed by atoms with E-state index in [2.05, 4.69) is 15.2 Å². The van der Waals surface area contributed by atoms with Crippen LogP contribution in [0.2, 0.25) is 10.0 Å². The second-order valence-corrected chi connectivity index (χ2v) is 11.6. The highest BCUT2D eigenvalue weighted by atomic mass is 35.5. The Hall–Kier alpha value is -3.75. The summed E-state index contributed by atoms with van der Waals surface area (Å²) in [5.41, 5.74) is 1.19. The van der Waals surface area contributed by atoms with E-state index >= 15 is 4.39 Å². The summed E-state index contributed by atoms with van der Waals surface area (Å²) in [5.74, 6) is -0.621. The van der Waals surface area contributed by atoms with E-state index in [1.165, 1.54) is 30.3 Å². The van der Waals surface area contributed by atoms with Gasteiger partial charge in [0.25, 0.3) is 0 Å². The van der Waals surface area contributed by atoms with Gasteiger partial charge in [-0.15, -0.1) is 10.2 Å². The first-order valence-electron chi connectivity index (χ1n) is 13.0. The molecular formula is C30H27Cl2FN4O5. The SMILES string of the molecule is Cc1nc(OC[C@@H]2OC(C)(C)OC2(C)C)ccc1-c1nnc(Cc2ccc(Cl)c(Oc3cc(Cl)cc(C#N)c3)c2F)o1. The second-order valence-electron chi connectivity index (χ2n) is 10.7. The fourth-order valence-corrected chi connectivity index (χ4v) is 5.06. The summed E-state index contributed by atoms with van der Waals surface area (Å²) in [4.78, 5) is 4.51. The van der Waals surface area contributed by atoms with Gasteiger partial charge in [-0.25, -0.2) is 9.37 Å². The maximum absolute atomic E-state index is 15.5. The molecule has 42 heavy (non-hydrogen) atoms.